The average Bonchev–Trinajstić information content (AvgIpc) is 2.09. The molecule has 74 valence electrons. The smallest absolute Gasteiger partial charge is 1.00 e. The van der Waals surface area contributed by atoms with Gasteiger partial charge in [0, 0.05) is 0 Å². The van der Waals surface area contributed by atoms with Gasteiger partial charge in [0.25, 0.3) is 10.1 Å². The van der Waals surface area contributed by atoms with Gasteiger partial charge in [0.05, 0.1) is 12.8 Å². The molecule has 0 heterocycles. The molecule has 0 aliphatic heterocycles. The van der Waals surface area contributed by atoms with Crippen molar-refractivity contribution >= 4 is 15.8 Å². The van der Waals surface area contributed by atoms with Crippen LogP contribution in [-0.2, 0) is 14.3 Å². The summed E-state index contributed by atoms with van der Waals surface area (Å²) in [6.45, 7) is 1.74. The third kappa shape index (κ3) is 2.71. The van der Waals surface area contributed by atoms with Gasteiger partial charge in [0.15, 0.2) is 0 Å². The van der Waals surface area contributed by atoms with Gasteiger partial charge in [-0.2, -0.15) is 8.42 Å². The molecule has 0 saturated carbocycles. The number of para-hydroxylation sites is 1. The summed E-state index contributed by atoms with van der Waals surface area (Å²) in [7, 11) is -2.57. The topological polar surface area (TPSA) is 69.4 Å². The van der Waals surface area contributed by atoms with E-state index in [-0.39, 0.29) is 41.6 Å². The minimum absolute atomic E-state index is 0. The van der Waals surface area contributed by atoms with Crippen molar-refractivity contribution in [3.63, 3.8) is 0 Å². The number of rotatable bonds is 2. The van der Waals surface area contributed by atoms with E-state index >= 15 is 0 Å². The largest absolute Gasteiger partial charge is 1.00 e. The normalized spacial score (nSPS) is 10.7. The summed E-state index contributed by atoms with van der Waals surface area (Å²) in [5, 5.41) is 0. The summed E-state index contributed by atoms with van der Waals surface area (Å²) in [5.41, 5.74) is 6.55. The van der Waals surface area contributed by atoms with Gasteiger partial charge >= 0.3 is 29.6 Å². The number of benzene rings is 1. The van der Waals surface area contributed by atoms with Crippen LogP contribution in [0.2, 0.25) is 0 Å². The molecule has 0 amide bonds. The molecular formula is C8H12NNaO3S. The van der Waals surface area contributed by atoms with Gasteiger partial charge in [0.2, 0.25) is 0 Å². The third-order valence-corrected chi connectivity index (χ3v) is 3.11. The van der Waals surface area contributed by atoms with Gasteiger partial charge < -0.3 is 7.16 Å². The fraction of sp³-hybridized carbons (Fsp3) is 0.250. The van der Waals surface area contributed by atoms with E-state index in [1.807, 2.05) is 0 Å². The Morgan fingerprint density at radius 2 is 2.00 bits per heavy atom. The van der Waals surface area contributed by atoms with Gasteiger partial charge in [-0.3, -0.25) is 4.18 Å². The zero-order valence-corrected chi connectivity index (χ0v) is 11.3. The van der Waals surface area contributed by atoms with Gasteiger partial charge in [0.1, 0.15) is 4.90 Å². The van der Waals surface area contributed by atoms with Crippen molar-refractivity contribution in [2.45, 2.75) is 11.8 Å². The molecule has 14 heavy (non-hydrogen) atoms. The number of anilines is 1. The van der Waals surface area contributed by atoms with Crippen LogP contribution in [0.3, 0.4) is 0 Å². The van der Waals surface area contributed by atoms with E-state index in [9.17, 15) is 8.42 Å². The first-order chi connectivity index (χ1) is 5.99. The molecule has 4 nitrogen and oxygen atoms in total. The van der Waals surface area contributed by atoms with E-state index < -0.39 is 10.1 Å². The molecule has 0 aromatic heterocycles. The number of hydrogen-bond acceptors (Lipinski definition) is 4. The minimum Gasteiger partial charge on any atom is -1.00 e. The molecule has 0 fully saturated rings. The van der Waals surface area contributed by atoms with Crippen molar-refractivity contribution in [1.29, 1.82) is 0 Å². The molecular weight excluding hydrogens is 213 g/mol. The second kappa shape index (κ2) is 5.14. The summed E-state index contributed by atoms with van der Waals surface area (Å²) in [6.07, 6.45) is 0. The summed E-state index contributed by atoms with van der Waals surface area (Å²) < 4.78 is 26.9. The monoisotopic (exact) mass is 225 g/mol. The SMILES string of the molecule is COS(=O)(=O)c1cccc(C)c1N.[H-].[Na+]. The second-order valence-corrected chi connectivity index (χ2v) is 4.29. The van der Waals surface area contributed by atoms with Gasteiger partial charge in [-0.25, -0.2) is 0 Å². The van der Waals surface area contributed by atoms with E-state index in [4.69, 9.17) is 5.73 Å². The average molecular weight is 225 g/mol. The molecule has 0 radical (unpaired) electrons. The number of aryl methyl sites for hydroxylation is 1. The number of nitrogens with two attached hydrogens (primary N) is 1. The van der Waals surface area contributed by atoms with Crippen LogP contribution in [-0.4, -0.2) is 15.5 Å². The minimum atomic E-state index is -3.68. The third-order valence-electron chi connectivity index (χ3n) is 1.77. The van der Waals surface area contributed by atoms with E-state index in [1.165, 1.54) is 6.07 Å². The van der Waals surface area contributed by atoms with Gasteiger partial charge in [-0.15, -0.1) is 0 Å². The zero-order valence-electron chi connectivity index (χ0n) is 9.44. The molecule has 0 unspecified atom stereocenters. The molecule has 0 aliphatic carbocycles. The predicted molar refractivity (Wildman–Crippen MR) is 50.9 cm³/mol. The fourth-order valence-electron chi connectivity index (χ4n) is 0.962. The molecule has 1 aromatic carbocycles. The Kier molecular flexibility index (Phi) is 5.11. The van der Waals surface area contributed by atoms with E-state index in [1.54, 1.807) is 19.1 Å². The molecule has 6 heteroatoms. The van der Waals surface area contributed by atoms with Crippen molar-refractivity contribution < 1.29 is 43.6 Å². The Morgan fingerprint density at radius 1 is 1.43 bits per heavy atom. The summed E-state index contributed by atoms with van der Waals surface area (Å²) in [5.74, 6) is 0. The van der Waals surface area contributed by atoms with Crippen LogP contribution < -0.4 is 35.3 Å². The number of nitrogen functional groups attached to an aromatic ring is 1. The molecule has 1 aromatic rings. The maximum atomic E-state index is 11.3. The Labute approximate surface area is 107 Å². The standard InChI is InChI=1S/C8H11NO3S.Na.H/c1-6-4-3-5-7(8(6)9)13(10,11)12-2;;/h3-5H,9H2,1-2H3;;/q;+1;-1. The van der Waals surface area contributed by atoms with E-state index in [2.05, 4.69) is 4.18 Å². The quantitative estimate of drug-likeness (QED) is 0.360. The zero-order chi connectivity index (χ0) is 10.1. The van der Waals surface area contributed by atoms with Crippen LogP contribution in [0.5, 0.6) is 0 Å². The molecule has 0 saturated heterocycles. The Bertz CT molecular complexity index is 422. The first kappa shape index (κ1) is 13.9. The van der Waals surface area contributed by atoms with Gasteiger partial charge in [-0.1, -0.05) is 12.1 Å². The molecule has 1 rings (SSSR count). The molecule has 2 N–H and O–H groups in total. The van der Waals surface area contributed by atoms with Crippen molar-refractivity contribution in [2.24, 2.45) is 0 Å². The summed E-state index contributed by atoms with van der Waals surface area (Å²) in [4.78, 5) is 0.0231. The fourth-order valence-corrected chi connectivity index (χ4v) is 1.82. The Balaban J connectivity index is 0. The van der Waals surface area contributed by atoms with E-state index in [0.29, 0.717) is 0 Å². The van der Waals surface area contributed by atoms with Gasteiger partial charge in [-0.05, 0) is 18.6 Å². The second-order valence-electron chi connectivity index (χ2n) is 2.61. The van der Waals surface area contributed by atoms with Crippen LogP contribution in [0.1, 0.15) is 6.99 Å². The maximum absolute atomic E-state index is 11.3. The van der Waals surface area contributed by atoms with Crippen LogP contribution >= 0.6 is 0 Å². The Morgan fingerprint density at radius 3 is 2.50 bits per heavy atom. The Hall–Kier alpha value is -0.0700. The van der Waals surface area contributed by atoms with Crippen molar-refractivity contribution in [3.8, 4) is 0 Å². The molecule has 0 spiro atoms. The molecule has 0 aliphatic rings. The van der Waals surface area contributed by atoms with Crippen molar-refractivity contribution in [2.75, 3.05) is 12.8 Å². The first-order valence-corrected chi connectivity index (χ1v) is 5.05. The van der Waals surface area contributed by atoms with Crippen LogP contribution in [0.25, 0.3) is 0 Å². The van der Waals surface area contributed by atoms with Crippen molar-refractivity contribution in [3.05, 3.63) is 23.8 Å². The van der Waals surface area contributed by atoms with Crippen molar-refractivity contribution in [1.82, 2.24) is 0 Å². The molecule has 0 bridgehead atoms. The number of hydrogen-bond donors (Lipinski definition) is 1. The molecule has 0 atom stereocenters. The summed E-state index contributed by atoms with van der Waals surface area (Å²) in [6, 6.07) is 4.78. The van der Waals surface area contributed by atoms with Crippen LogP contribution in [0.15, 0.2) is 23.1 Å². The van der Waals surface area contributed by atoms with E-state index in [0.717, 1.165) is 12.7 Å². The summed E-state index contributed by atoms with van der Waals surface area (Å²) >= 11 is 0. The predicted octanol–water partition coefficient (Wildman–Crippen LogP) is -1.97. The van der Waals surface area contributed by atoms with Crippen LogP contribution in [0, 0.1) is 6.92 Å². The first-order valence-electron chi connectivity index (χ1n) is 3.65. The van der Waals surface area contributed by atoms with Crippen LogP contribution in [0.4, 0.5) is 5.69 Å². The maximum Gasteiger partial charge on any atom is 1.00 e.